The zero-order chi connectivity index (χ0) is 11.5. The summed E-state index contributed by atoms with van der Waals surface area (Å²) < 4.78 is 0. The number of hydrogen-bond donors (Lipinski definition) is 2. The molecule has 4 nitrogen and oxygen atoms in total. The van der Waals surface area contributed by atoms with Crippen LogP contribution in [-0.2, 0) is 5.16 Å². The zero-order valence-electron chi connectivity index (χ0n) is 9.42. The van der Waals surface area contributed by atoms with Gasteiger partial charge >= 0.3 is 0 Å². The van der Waals surface area contributed by atoms with Gasteiger partial charge in [0, 0.05) is 11.7 Å². The SMILES string of the molecule is CCCNC(=O)c1cn[nH]c1C(C)(C)P. The number of amides is 1. The molecule has 2 N–H and O–H groups in total. The van der Waals surface area contributed by atoms with Gasteiger partial charge in [-0.2, -0.15) is 5.10 Å². The van der Waals surface area contributed by atoms with Gasteiger partial charge in [0.2, 0.25) is 0 Å². The minimum absolute atomic E-state index is 0.0591. The Hall–Kier alpha value is -0.890. The topological polar surface area (TPSA) is 57.8 Å². The van der Waals surface area contributed by atoms with E-state index < -0.39 is 0 Å². The Labute approximate surface area is 92.4 Å². The number of carbonyl (C=O) groups is 1. The first kappa shape index (κ1) is 12.2. The molecule has 84 valence electrons. The molecule has 1 aromatic rings. The maximum Gasteiger partial charge on any atom is 0.254 e. The molecule has 1 heterocycles. The Morgan fingerprint density at radius 1 is 1.67 bits per heavy atom. The molecular formula is C10H18N3OP. The van der Waals surface area contributed by atoms with Crippen molar-refractivity contribution in [3.63, 3.8) is 0 Å². The van der Waals surface area contributed by atoms with Gasteiger partial charge in [0.15, 0.2) is 0 Å². The van der Waals surface area contributed by atoms with Crippen molar-refractivity contribution in [2.75, 3.05) is 6.54 Å². The van der Waals surface area contributed by atoms with E-state index in [2.05, 4.69) is 24.8 Å². The molecule has 1 atom stereocenters. The van der Waals surface area contributed by atoms with Gasteiger partial charge < -0.3 is 5.32 Å². The Morgan fingerprint density at radius 3 is 2.87 bits per heavy atom. The third kappa shape index (κ3) is 3.03. The number of nitrogens with zero attached hydrogens (tertiary/aromatic N) is 1. The number of aromatic nitrogens is 2. The van der Waals surface area contributed by atoms with Gasteiger partial charge in [-0.3, -0.25) is 9.89 Å². The number of carbonyl (C=O) groups excluding carboxylic acids is 1. The lowest BCUT2D eigenvalue weighted by Gasteiger charge is -2.17. The van der Waals surface area contributed by atoms with Crippen molar-refractivity contribution in [3.05, 3.63) is 17.5 Å². The van der Waals surface area contributed by atoms with Crippen molar-refractivity contribution >= 4 is 15.1 Å². The highest BCUT2D eigenvalue weighted by molar-refractivity contribution is 7.18. The van der Waals surface area contributed by atoms with Gasteiger partial charge in [0.05, 0.1) is 17.5 Å². The number of rotatable bonds is 4. The van der Waals surface area contributed by atoms with E-state index in [9.17, 15) is 4.79 Å². The van der Waals surface area contributed by atoms with E-state index in [4.69, 9.17) is 0 Å². The first-order valence-electron chi connectivity index (χ1n) is 5.07. The summed E-state index contributed by atoms with van der Waals surface area (Å²) in [5, 5.41) is 9.46. The van der Waals surface area contributed by atoms with Crippen LogP contribution in [0.3, 0.4) is 0 Å². The summed E-state index contributed by atoms with van der Waals surface area (Å²) in [6.45, 7) is 6.75. The van der Waals surface area contributed by atoms with Gasteiger partial charge in [-0.25, -0.2) is 0 Å². The highest BCUT2D eigenvalue weighted by Gasteiger charge is 2.23. The first-order valence-corrected chi connectivity index (χ1v) is 5.65. The first-order chi connectivity index (χ1) is 6.96. The molecule has 1 aromatic heterocycles. The Balaban J connectivity index is 2.86. The van der Waals surface area contributed by atoms with E-state index in [1.54, 1.807) is 6.20 Å². The van der Waals surface area contributed by atoms with E-state index in [1.165, 1.54) is 0 Å². The second-order valence-corrected chi connectivity index (χ2v) is 5.58. The molecule has 0 aliphatic rings. The third-order valence-corrected chi connectivity index (χ3v) is 2.35. The minimum Gasteiger partial charge on any atom is -0.352 e. The Kier molecular flexibility index (Phi) is 3.86. The zero-order valence-corrected chi connectivity index (χ0v) is 10.6. The summed E-state index contributed by atoms with van der Waals surface area (Å²) in [5.74, 6) is -0.0591. The molecule has 0 aliphatic carbocycles. The molecule has 1 amide bonds. The highest BCUT2D eigenvalue weighted by atomic mass is 31.0. The van der Waals surface area contributed by atoms with E-state index in [-0.39, 0.29) is 11.1 Å². The molecule has 1 rings (SSSR count). The monoisotopic (exact) mass is 227 g/mol. The maximum atomic E-state index is 11.8. The van der Waals surface area contributed by atoms with Gasteiger partial charge in [-0.05, 0) is 6.42 Å². The lowest BCUT2D eigenvalue weighted by Crippen LogP contribution is -2.26. The van der Waals surface area contributed by atoms with Crippen molar-refractivity contribution in [1.82, 2.24) is 15.5 Å². The van der Waals surface area contributed by atoms with E-state index in [0.29, 0.717) is 12.1 Å². The molecule has 1 unspecified atom stereocenters. The summed E-state index contributed by atoms with van der Waals surface area (Å²) in [6.07, 6.45) is 2.51. The predicted octanol–water partition coefficient (Wildman–Crippen LogP) is 1.66. The Morgan fingerprint density at radius 2 is 2.33 bits per heavy atom. The third-order valence-electron chi connectivity index (χ3n) is 2.06. The highest BCUT2D eigenvalue weighted by Crippen LogP contribution is 2.30. The van der Waals surface area contributed by atoms with Crippen LogP contribution in [0.1, 0.15) is 43.2 Å². The number of aromatic amines is 1. The van der Waals surface area contributed by atoms with Crippen molar-refractivity contribution in [2.45, 2.75) is 32.3 Å². The van der Waals surface area contributed by atoms with E-state index in [0.717, 1.165) is 12.1 Å². The average molecular weight is 227 g/mol. The lowest BCUT2D eigenvalue weighted by molar-refractivity contribution is 0.0952. The summed E-state index contributed by atoms with van der Waals surface area (Å²) in [4.78, 5) is 11.8. The molecular weight excluding hydrogens is 209 g/mol. The Bertz CT molecular complexity index is 341. The van der Waals surface area contributed by atoms with Crippen LogP contribution >= 0.6 is 9.24 Å². The van der Waals surface area contributed by atoms with Crippen LogP contribution in [-0.4, -0.2) is 22.6 Å². The van der Waals surface area contributed by atoms with Gasteiger partial charge in [0.25, 0.3) is 5.91 Å². The van der Waals surface area contributed by atoms with Crippen LogP contribution in [0.2, 0.25) is 0 Å². The quantitative estimate of drug-likeness (QED) is 0.768. The lowest BCUT2D eigenvalue weighted by atomic mass is 10.0. The smallest absolute Gasteiger partial charge is 0.254 e. The fraction of sp³-hybridized carbons (Fsp3) is 0.600. The fourth-order valence-electron chi connectivity index (χ4n) is 1.28. The molecule has 0 aromatic carbocycles. The molecule has 0 fully saturated rings. The molecule has 0 saturated carbocycles. The van der Waals surface area contributed by atoms with Crippen molar-refractivity contribution in [3.8, 4) is 0 Å². The normalized spacial score (nSPS) is 11.5. The second-order valence-electron chi connectivity index (χ2n) is 4.14. The average Bonchev–Trinajstić information content (AvgIpc) is 2.61. The van der Waals surface area contributed by atoms with Crippen molar-refractivity contribution in [2.24, 2.45) is 0 Å². The molecule has 0 saturated heterocycles. The molecule has 0 spiro atoms. The van der Waals surface area contributed by atoms with Crippen molar-refractivity contribution in [1.29, 1.82) is 0 Å². The summed E-state index contributed by atoms with van der Waals surface area (Å²) in [7, 11) is 2.70. The van der Waals surface area contributed by atoms with Crippen molar-refractivity contribution < 1.29 is 4.79 Å². The summed E-state index contributed by atoms with van der Waals surface area (Å²) in [5.41, 5.74) is 1.48. The van der Waals surface area contributed by atoms with Crippen LogP contribution in [0.25, 0.3) is 0 Å². The molecule has 15 heavy (non-hydrogen) atoms. The van der Waals surface area contributed by atoms with E-state index in [1.807, 2.05) is 20.8 Å². The molecule has 0 radical (unpaired) electrons. The van der Waals surface area contributed by atoms with Gasteiger partial charge in [-0.1, -0.05) is 20.8 Å². The standard InChI is InChI=1S/C10H18N3OP/c1-4-5-11-9(14)7-6-12-13-8(7)10(2,3)15/h6H,4-5,15H2,1-3H3,(H,11,14)(H,12,13). The van der Waals surface area contributed by atoms with Crippen LogP contribution in [0.4, 0.5) is 0 Å². The molecule has 0 bridgehead atoms. The molecule has 0 aliphatic heterocycles. The molecule has 5 heteroatoms. The van der Waals surface area contributed by atoms with Crippen LogP contribution < -0.4 is 5.32 Å². The van der Waals surface area contributed by atoms with Crippen LogP contribution in [0, 0.1) is 0 Å². The second kappa shape index (κ2) is 4.75. The maximum absolute atomic E-state index is 11.8. The number of H-pyrrole nitrogens is 1. The predicted molar refractivity (Wildman–Crippen MR) is 63.9 cm³/mol. The largest absolute Gasteiger partial charge is 0.352 e. The fourth-order valence-corrected chi connectivity index (χ4v) is 1.50. The van der Waals surface area contributed by atoms with E-state index >= 15 is 0 Å². The van der Waals surface area contributed by atoms with Crippen LogP contribution in [0.15, 0.2) is 6.20 Å². The van der Waals surface area contributed by atoms with Gasteiger partial charge in [-0.15, -0.1) is 9.24 Å². The summed E-state index contributed by atoms with van der Waals surface area (Å²) in [6, 6.07) is 0. The number of nitrogens with one attached hydrogen (secondary N) is 2. The summed E-state index contributed by atoms with van der Waals surface area (Å²) >= 11 is 0. The minimum atomic E-state index is -0.171. The number of hydrogen-bond acceptors (Lipinski definition) is 2. The van der Waals surface area contributed by atoms with Crippen LogP contribution in [0.5, 0.6) is 0 Å². The van der Waals surface area contributed by atoms with Gasteiger partial charge in [0.1, 0.15) is 0 Å².